The van der Waals surface area contributed by atoms with E-state index in [-0.39, 0.29) is 22.6 Å². The number of benzene rings is 1. The van der Waals surface area contributed by atoms with Gasteiger partial charge in [-0.25, -0.2) is 8.42 Å². The van der Waals surface area contributed by atoms with E-state index < -0.39 is 16.1 Å². The largest absolute Gasteiger partial charge is 0.351 e. The first kappa shape index (κ1) is 19.5. The third kappa shape index (κ3) is 4.55. The SMILES string of the molecule is CC(=O)Nc1cccc(CNC(=O)[C@@H]2CCCN2S(=O)(=O)c2cccs2)c1. The van der Waals surface area contributed by atoms with Crippen molar-refractivity contribution < 1.29 is 18.0 Å². The highest BCUT2D eigenvalue weighted by Gasteiger charge is 2.39. The van der Waals surface area contributed by atoms with E-state index in [0.29, 0.717) is 25.1 Å². The molecule has 0 aliphatic carbocycles. The summed E-state index contributed by atoms with van der Waals surface area (Å²) in [5.41, 5.74) is 1.47. The van der Waals surface area contributed by atoms with E-state index in [1.54, 1.807) is 35.7 Å². The fraction of sp³-hybridized carbons (Fsp3) is 0.333. The summed E-state index contributed by atoms with van der Waals surface area (Å²) in [4.78, 5) is 23.8. The van der Waals surface area contributed by atoms with Crippen molar-refractivity contribution in [2.24, 2.45) is 0 Å². The Morgan fingerprint density at radius 3 is 2.78 bits per heavy atom. The highest BCUT2D eigenvalue weighted by atomic mass is 32.2. The van der Waals surface area contributed by atoms with Gasteiger partial charge < -0.3 is 10.6 Å². The van der Waals surface area contributed by atoms with Crippen LogP contribution < -0.4 is 10.6 Å². The van der Waals surface area contributed by atoms with Crippen molar-refractivity contribution in [1.82, 2.24) is 9.62 Å². The predicted octanol–water partition coefficient (Wildman–Crippen LogP) is 2.18. The zero-order chi connectivity index (χ0) is 19.4. The first-order valence-electron chi connectivity index (χ1n) is 8.57. The predicted molar refractivity (Wildman–Crippen MR) is 104 cm³/mol. The summed E-state index contributed by atoms with van der Waals surface area (Å²) in [5.74, 6) is -0.478. The van der Waals surface area contributed by atoms with Crippen LogP contribution in [-0.4, -0.2) is 37.1 Å². The van der Waals surface area contributed by atoms with Crippen LogP contribution in [0.15, 0.2) is 46.0 Å². The lowest BCUT2D eigenvalue weighted by atomic mass is 10.1. The fourth-order valence-corrected chi connectivity index (χ4v) is 5.86. The van der Waals surface area contributed by atoms with Crippen LogP contribution in [0.4, 0.5) is 5.69 Å². The molecule has 9 heteroatoms. The van der Waals surface area contributed by atoms with Crippen LogP contribution >= 0.6 is 11.3 Å². The van der Waals surface area contributed by atoms with E-state index in [0.717, 1.165) is 16.9 Å². The minimum absolute atomic E-state index is 0.170. The van der Waals surface area contributed by atoms with Gasteiger partial charge >= 0.3 is 0 Å². The topological polar surface area (TPSA) is 95.6 Å². The molecular weight excluding hydrogens is 386 g/mol. The third-order valence-electron chi connectivity index (χ3n) is 4.28. The highest BCUT2D eigenvalue weighted by Crippen LogP contribution is 2.28. The molecule has 2 aromatic rings. The Morgan fingerprint density at radius 2 is 2.07 bits per heavy atom. The van der Waals surface area contributed by atoms with Crippen molar-refractivity contribution in [2.75, 3.05) is 11.9 Å². The molecule has 1 atom stereocenters. The van der Waals surface area contributed by atoms with Crippen molar-refractivity contribution in [1.29, 1.82) is 0 Å². The summed E-state index contributed by atoms with van der Waals surface area (Å²) in [5, 5.41) is 7.22. The number of amides is 2. The summed E-state index contributed by atoms with van der Waals surface area (Å²) in [6, 6.07) is 9.70. The summed E-state index contributed by atoms with van der Waals surface area (Å²) < 4.78 is 27.0. The lowest BCUT2D eigenvalue weighted by Gasteiger charge is -2.22. The lowest BCUT2D eigenvalue weighted by molar-refractivity contribution is -0.124. The molecule has 2 N–H and O–H groups in total. The molecule has 1 fully saturated rings. The van der Waals surface area contributed by atoms with Gasteiger partial charge in [0.25, 0.3) is 10.0 Å². The maximum Gasteiger partial charge on any atom is 0.253 e. The molecule has 144 valence electrons. The third-order valence-corrected chi connectivity index (χ3v) is 7.56. The van der Waals surface area contributed by atoms with E-state index in [1.165, 1.54) is 11.2 Å². The van der Waals surface area contributed by atoms with E-state index in [2.05, 4.69) is 10.6 Å². The number of hydrogen-bond acceptors (Lipinski definition) is 5. The molecule has 7 nitrogen and oxygen atoms in total. The van der Waals surface area contributed by atoms with Crippen molar-refractivity contribution in [3.8, 4) is 0 Å². The zero-order valence-electron chi connectivity index (χ0n) is 14.8. The number of rotatable bonds is 6. The van der Waals surface area contributed by atoms with Crippen molar-refractivity contribution in [2.45, 2.75) is 36.6 Å². The second-order valence-electron chi connectivity index (χ2n) is 6.31. The minimum Gasteiger partial charge on any atom is -0.351 e. The number of anilines is 1. The average molecular weight is 408 g/mol. The zero-order valence-corrected chi connectivity index (χ0v) is 16.5. The van der Waals surface area contributed by atoms with Gasteiger partial charge in [-0.1, -0.05) is 18.2 Å². The minimum atomic E-state index is -3.65. The van der Waals surface area contributed by atoms with E-state index in [1.807, 2.05) is 6.07 Å². The maximum absolute atomic E-state index is 12.7. The Hall–Kier alpha value is -2.23. The van der Waals surface area contributed by atoms with Gasteiger partial charge in [0.2, 0.25) is 11.8 Å². The van der Waals surface area contributed by atoms with Crippen LogP contribution in [0, 0.1) is 0 Å². The van der Waals surface area contributed by atoms with Crippen LogP contribution in [0.2, 0.25) is 0 Å². The summed E-state index contributed by atoms with van der Waals surface area (Å²) in [7, 11) is -3.65. The number of nitrogens with zero attached hydrogens (tertiary/aromatic N) is 1. The van der Waals surface area contributed by atoms with Gasteiger partial charge in [0.15, 0.2) is 0 Å². The molecule has 0 radical (unpaired) electrons. The number of sulfonamides is 1. The Bertz CT molecular complexity index is 926. The van der Waals surface area contributed by atoms with E-state index >= 15 is 0 Å². The lowest BCUT2D eigenvalue weighted by Crippen LogP contribution is -2.45. The van der Waals surface area contributed by atoms with Gasteiger partial charge in [-0.3, -0.25) is 9.59 Å². The van der Waals surface area contributed by atoms with Gasteiger partial charge in [0.05, 0.1) is 0 Å². The van der Waals surface area contributed by atoms with Crippen molar-refractivity contribution in [3.05, 3.63) is 47.3 Å². The van der Waals surface area contributed by atoms with Crippen LogP contribution in [0.5, 0.6) is 0 Å². The Labute approximate surface area is 162 Å². The van der Waals surface area contributed by atoms with Crippen molar-refractivity contribution >= 4 is 38.9 Å². The second-order valence-corrected chi connectivity index (χ2v) is 9.37. The van der Waals surface area contributed by atoms with E-state index in [4.69, 9.17) is 0 Å². The fourth-order valence-electron chi connectivity index (χ4n) is 3.08. The smallest absolute Gasteiger partial charge is 0.253 e. The molecule has 1 aromatic heterocycles. The molecule has 0 saturated carbocycles. The second kappa shape index (κ2) is 8.20. The first-order chi connectivity index (χ1) is 12.9. The summed E-state index contributed by atoms with van der Waals surface area (Å²) in [6.45, 7) is 2.03. The molecular formula is C18H21N3O4S2. The number of thiophene rings is 1. The molecule has 0 spiro atoms. The summed E-state index contributed by atoms with van der Waals surface area (Å²) in [6.07, 6.45) is 1.16. The molecule has 3 rings (SSSR count). The van der Waals surface area contributed by atoms with Gasteiger partial charge in [0.1, 0.15) is 10.3 Å². The van der Waals surface area contributed by atoms with Crippen LogP contribution in [-0.2, 0) is 26.2 Å². The molecule has 2 heterocycles. The Kier molecular flexibility index (Phi) is 5.93. The number of nitrogens with one attached hydrogen (secondary N) is 2. The maximum atomic E-state index is 12.7. The molecule has 0 bridgehead atoms. The molecule has 1 aliphatic heterocycles. The van der Waals surface area contributed by atoms with Crippen LogP contribution in [0.3, 0.4) is 0 Å². The van der Waals surface area contributed by atoms with Gasteiger partial charge in [0, 0.05) is 25.7 Å². The molecule has 2 amide bonds. The Morgan fingerprint density at radius 1 is 1.26 bits per heavy atom. The van der Waals surface area contributed by atoms with Gasteiger partial charge in [-0.15, -0.1) is 11.3 Å². The Balaban J connectivity index is 1.66. The number of carbonyl (C=O) groups excluding carboxylic acids is 2. The quantitative estimate of drug-likeness (QED) is 0.767. The number of carbonyl (C=O) groups is 2. The molecule has 27 heavy (non-hydrogen) atoms. The first-order valence-corrected chi connectivity index (χ1v) is 10.9. The normalized spacial score (nSPS) is 17.6. The molecule has 1 aromatic carbocycles. The average Bonchev–Trinajstić information content (AvgIpc) is 3.31. The van der Waals surface area contributed by atoms with Crippen LogP contribution in [0.1, 0.15) is 25.3 Å². The standard InChI is InChI=1S/C18H21N3O4S2/c1-13(22)20-15-6-2-5-14(11-15)12-19-18(23)16-7-3-9-21(16)27(24,25)17-8-4-10-26-17/h2,4-6,8,10-11,16H,3,7,9,12H2,1H3,(H,19,23)(H,20,22)/t16-/m0/s1. The number of hydrogen-bond donors (Lipinski definition) is 2. The molecule has 1 aliphatic rings. The monoisotopic (exact) mass is 407 g/mol. The molecule has 1 saturated heterocycles. The van der Waals surface area contributed by atoms with Gasteiger partial charge in [-0.05, 0) is 42.0 Å². The molecule has 0 unspecified atom stereocenters. The van der Waals surface area contributed by atoms with Gasteiger partial charge in [-0.2, -0.15) is 4.31 Å². The van der Waals surface area contributed by atoms with Crippen LogP contribution in [0.25, 0.3) is 0 Å². The highest BCUT2D eigenvalue weighted by molar-refractivity contribution is 7.91. The van der Waals surface area contributed by atoms with E-state index in [9.17, 15) is 18.0 Å². The van der Waals surface area contributed by atoms with Crippen molar-refractivity contribution in [3.63, 3.8) is 0 Å². The summed E-state index contributed by atoms with van der Waals surface area (Å²) >= 11 is 1.15.